The number of carbonyl (C=O) groups excluding carboxylic acids is 1. The Labute approximate surface area is 179 Å². The van der Waals surface area contributed by atoms with Crippen molar-refractivity contribution < 1.29 is 22.1 Å². The van der Waals surface area contributed by atoms with Crippen molar-refractivity contribution in [2.24, 2.45) is 5.10 Å². The third-order valence-corrected chi connectivity index (χ3v) is 6.37. The summed E-state index contributed by atoms with van der Waals surface area (Å²) < 4.78 is 36.1. The van der Waals surface area contributed by atoms with Gasteiger partial charge in [-0.25, -0.2) is 5.43 Å². The Bertz CT molecular complexity index is 1190. The van der Waals surface area contributed by atoms with Gasteiger partial charge in [0, 0.05) is 0 Å². The third kappa shape index (κ3) is 5.05. The van der Waals surface area contributed by atoms with E-state index in [2.05, 4.69) is 10.5 Å². The van der Waals surface area contributed by atoms with Gasteiger partial charge in [0.25, 0.3) is 5.91 Å². The highest BCUT2D eigenvalue weighted by Gasteiger charge is 2.21. The molecule has 1 N–H and O–H groups in total. The zero-order chi connectivity index (χ0) is 21.7. The topological polar surface area (TPSA) is 94.1 Å². The summed E-state index contributed by atoms with van der Waals surface area (Å²) in [6.07, 6.45) is 1.43. The molecule has 0 aliphatic rings. The maximum absolute atomic E-state index is 12.7. The van der Waals surface area contributed by atoms with E-state index in [0.717, 1.165) is 5.56 Å². The van der Waals surface area contributed by atoms with E-state index in [1.54, 1.807) is 48.7 Å². The largest absolute Gasteiger partial charge is 0.493 e. The average molecular weight is 445 g/mol. The molecule has 1 aromatic heterocycles. The Hall–Kier alpha value is -3.17. The Balaban J connectivity index is 1.78. The number of hydrogen-bond donors (Lipinski definition) is 1. The SMILES string of the molecule is COc1cc(/C=N\NC(=O)c2cccs2)ccc1OS(=O)(=O)c1cc(C)ccc1C. The molecule has 0 bridgehead atoms. The molecular formula is C21H20N2O5S2. The van der Waals surface area contributed by atoms with Crippen LogP contribution in [0.4, 0.5) is 0 Å². The number of thiophene rings is 1. The van der Waals surface area contributed by atoms with Gasteiger partial charge in [-0.05, 0) is 66.2 Å². The van der Waals surface area contributed by atoms with Crippen molar-refractivity contribution >= 4 is 33.6 Å². The number of aryl methyl sites for hydroxylation is 2. The van der Waals surface area contributed by atoms with E-state index in [0.29, 0.717) is 16.0 Å². The highest BCUT2D eigenvalue weighted by atomic mass is 32.2. The van der Waals surface area contributed by atoms with Crippen LogP contribution in [0.3, 0.4) is 0 Å². The number of hydrogen-bond acceptors (Lipinski definition) is 7. The van der Waals surface area contributed by atoms with E-state index in [1.165, 1.54) is 30.7 Å². The number of nitrogens with one attached hydrogen (secondary N) is 1. The van der Waals surface area contributed by atoms with Crippen molar-refractivity contribution in [3.8, 4) is 11.5 Å². The fourth-order valence-corrected chi connectivity index (χ4v) is 4.47. The molecule has 0 fully saturated rings. The lowest BCUT2D eigenvalue weighted by Crippen LogP contribution is -2.16. The minimum atomic E-state index is -4.03. The van der Waals surface area contributed by atoms with Crippen LogP contribution in [0.2, 0.25) is 0 Å². The molecule has 156 valence electrons. The quantitative estimate of drug-likeness (QED) is 0.339. The number of ether oxygens (including phenoxy) is 1. The molecule has 30 heavy (non-hydrogen) atoms. The Morgan fingerprint density at radius 1 is 1.10 bits per heavy atom. The van der Waals surface area contributed by atoms with Crippen LogP contribution in [-0.4, -0.2) is 27.6 Å². The van der Waals surface area contributed by atoms with Gasteiger partial charge in [0.05, 0.1) is 18.2 Å². The monoisotopic (exact) mass is 444 g/mol. The fraction of sp³-hybridized carbons (Fsp3) is 0.143. The molecule has 0 radical (unpaired) electrons. The molecule has 2 aromatic carbocycles. The van der Waals surface area contributed by atoms with Crippen LogP contribution in [0.1, 0.15) is 26.4 Å². The van der Waals surface area contributed by atoms with Crippen LogP contribution in [0.15, 0.2) is 63.9 Å². The molecule has 0 spiro atoms. The molecule has 3 aromatic rings. The second-order valence-corrected chi connectivity index (χ2v) is 8.86. The summed E-state index contributed by atoms with van der Waals surface area (Å²) in [5.41, 5.74) is 4.42. The summed E-state index contributed by atoms with van der Waals surface area (Å²) >= 11 is 1.31. The molecule has 0 unspecified atom stereocenters. The minimum Gasteiger partial charge on any atom is -0.493 e. The smallest absolute Gasteiger partial charge is 0.339 e. The normalized spacial score (nSPS) is 11.4. The van der Waals surface area contributed by atoms with Crippen LogP contribution in [0, 0.1) is 13.8 Å². The zero-order valence-electron chi connectivity index (χ0n) is 16.6. The van der Waals surface area contributed by atoms with Crippen LogP contribution >= 0.6 is 11.3 Å². The van der Waals surface area contributed by atoms with Crippen LogP contribution in [0.5, 0.6) is 11.5 Å². The van der Waals surface area contributed by atoms with Gasteiger partial charge in [-0.1, -0.05) is 18.2 Å². The second kappa shape index (κ2) is 9.10. The molecule has 0 aliphatic carbocycles. The van der Waals surface area contributed by atoms with Gasteiger partial charge in [-0.2, -0.15) is 13.5 Å². The van der Waals surface area contributed by atoms with Gasteiger partial charge in [0.1, 0.15) is 4.90 Å². The van der Waals surface area contributed by atoms with Crippen molar-refractivity contribution in [1.82, 2.24) is 5.43 Å². The Morgan fingerprint density at radius 2 is 1.90 bits per heavy atom. The molecule has 0 atom stereocenters. The number of rotatable bonds is 7. The lowest BCUT2D eigenvalue weighted by atomic mass is 10.2. The number of benzene rings is 2. The lowest BCUT2D eigenvalue weighted by Gasteiger charge is -2.13. The predicted octanol–water partition coefficient (Wildman–Crippen LogP) is 3.91. The molecule has 3 rings (SSSR count). The van der Waals surface area contributed by atoms with Gasteiger partial charge < -0.3 is 8.92 Å². The second-order valence-electron chi connectivity index (χ2n) is 6.39. The molecule has 1 amide bonds. The highest BCUT2D eigenvalue weighted by Crippen LogP contribution is 2.31. The predicted molar refractivity (Wildman–Crippen MR) is 116 cm³/mol. The summed E-state index contributed by atoms with van der Waals surface area (Å²) in [6.45, 7) is 3.52. The minimum absolute atomic E-state index is 0.0539. The molecule has 7 nitrogen and oxygen atoms in total. The summed E-state index contributed by atoms with van der Waals surface area (Å²) in [4.78, 5) is 12.5. The summed E-state index contributed by atoms with van der Waals surface area (Å²) in [7, 11) is -2.63. The van der Waals surface area contributed by atoms with E-state index in [4.69, 9.17) is 8.92 Å². The fourth-order valence-electron chi connectivity index (χ4n) is 2.60. The van der Waals surface area contributed by atoms with Gasteiger partial charge in [0.15, 0.2) is 11.5 Å². The average Bonchev–Trinajstić information content (AvgIpc) is 3.25. The number of carbonyl (C=O) groups is 1. The van der Waals surface area contributed by atoms with Gasteiger partial charge in [0.2, 0.25) is 0 Å². The molecular weight excluding hydrogens is 424 g/mol. The van der Waals surface area contributed by atoms with Crippen LogP contribution in [-0.2, 0) is 10.1 Å². The standard InChI is InChI=1S/C21H20N2O5S2/c1-14-6-7-15(2)20(11-14)30(25,26)28-17-9-8-16(12-18(17)27-3)13-22-23-21(24)19-5-4-10-29-19/h4-13H,1-3H3,(H,23,24)/b22-13-. The summed E-state index contributed by atoms with van der Waals surface area (Å²) in [5.74, 6) is -0.0385. The van der Waals surface area contributed by atoms with E-state index in [1.807, 2.05) is 13.0 Å². The maximum atomic E-state index is 12.7. The molecule has 0 saturated heterocycles. The first-order valence-electron chi connectivity index (χ1n) is 8.87. The van der Waals surface area contributed by atoms with E-state index >= 15 is 0 Å². The number of nitrogens with zero attached hydrogens (tertiary/aromatic N) is 1. The first-order chi connectivity index (χ1) is 14.3. The van der Waals surface area contributed by atoms with E-state index < -0.39 is 10.1 Å². The van der Waals surface area contributed by atoms with Crippen molar-refractivity contribution in [2.45, 2.75) is 18.7 Å². The first-order valence-corrected chi connectivity index (χ1v) is 11.2. The Morgan fingerprint density at radius 3 is 2.60 bits per heavy atom. The number of hydrazone groups is 1. The van der Waals surface area contributed by atoms with Crippen LogP contribution in [0.25, 0.3) is 0 Å². The van der Waals surface area contributed by atoms with Crippen LogP contribution < -0.4 is 14.3 Å². The zero-order valence-corrected chi connectivity index (χ0v) is 18.2. The van der Waals surface area contributed by atoms with Crippen molar-refractivity contribution in [1.29, 1.82) is 0 Å². The molecule has 9 heteroatoms. The van der Waals surface area contributed by atoms with E-state index in [9.17, 15) is 13.2 Å². The lowest BCUT2D eigenvalue weighted by molar-refractivity contribution is 0.0959. The van der Waals surface area contributed by atoms with Gasteiger partial charge in [-0.3, -0.25) is 4.79 Å². The third-order valence-electron chi connectivity index (χ3n) is 4.12. The van der Waals surface area contributed by atoms with Crippen molar-refractivity contribution in [3.63, 3.8) is 0 Å². The Kier molecular flexibility index (Phi) is 6.53. The van der Waals surface area contributed by atoms with Gasteiger partial charge >= 0.3 is 10.1 Å². The van der Waals surface area contributed by atoms with Gasteiger partial charge in [-0.15, -0.1) is 11.3 Å². The first kappa shape index (κ1) is 21.5. The number of methoxy groups -OCH3 is 1. The molecule has 0 saturated carbocycles. The summed E-state index contributed by atoms with van der Waals surface area (Å²) in [6, 6.07) is 13.2. The molecule has 0 aliphatic heterocycles. The van der Waals surface area contributed by atoms with E-state index in [-0.39, 0.29) is 22.3 Å². The maximum Gasteiger partial charge on any atom is 0.339 e. The van der Waals surface area contributed by atoms with Crippen molar-refractivity contribution in [3.05, 3.63) is 75.5 Å². The number of amides is 1. The van der Waals surface area contributed by atoms with Crippen molar-refractivity contribution in [2.75, 3.05) is 7.11 Å². The highest BCUT2D eigenvalue weighted by molar-refractivity contribution is 7.87. The summed E-state index contributed by atoms with van der Waals surface area (Å²) in [5, 5.41) is 5.71. The molecule has 1 heterocycles.